The van der Waals surface area contributed by atoms with Crippen molar-refractivity contribution in [3.63, 3.8) is 0 Å². The smallest absolute Gasteiger partial charge is 0.381 e. The van der Waals surface area contributed by atoms with E-state index < -0.39 is 17.6 Å². The van der Waals surface area contributed by atoms with Gasteiger partial charge in [-0.2, -0.15) is 13.2 Å². The first-order valence-corrected chi connectivity index (χ1v) is 5.52. The molecule has 0 amide bonds. The molecule has 0 aliphatic carbocycles. The van der Waals surface area contributed by atoms with Gasteiger partial charge in [0.15, 0.2) is 0 Å². The Balaban J connectivity index is 2.14. The highest BCUT2D eigenvalue weighted by atomic mass is 19.4. The van der Waals surface area contributed by atoms with Crippen molar-refractivity contribution in [1.29, 1.82) is 0 Å². The zero-order chi connectivity index (χ0) is 13.9. The molecule has 1 radical (unpaired) electrons. The molecule has 0 unspecified atom stereocenters. The molecule has 5 heteroatoms. The maximum Gasteiger partial charge on any atom is 0.419 e. The van der Waals surface area contributed by atoms with E-state index in [0.29, 0.717) is 5.56 Å². The Bertz CT molecular complexity index is 549. The van der Waals surface area contributed by atoms with Gasteiger partial charge in [0.05, 0.1) is 5.56 Å². The van der Waals surface area contributed by atoms with Gasteiger partial charge in [-0.05, 0) is 35.9 Å². The predicted octanol–water partition coefficient (Wildman–Crippen LogP) is 4.26. The summed E-state index contributed by atoms with van der Waals surface area (Å²) in [6, 6.07) is 12.7. The van der Waals surface area contributed by atoms with Crippen molar-refractivity contribution in [2.75, 3.05) is 5.32 Å². The molecule has 0 spiro atoms. The van der Waals surface area contributed by atoms with Crippen molar-refractivity contribution in [2.45, 2.75) is 12.7 Å². The second-order valence-corrected chi connectivity index (χ2v) is 3.95. The SMILES string of the molecule is Fc1ccc(CNc2cc[c]cc2)cc1C(F)(F)F. The lowest BCUT2D eigenvalue weighted by molar-refractivity contribution is -0.140. The molecule has 0 aromatic heterocycles. The summed E-state index contributed by atoms with van der Waals surface area (Å²) in [5.41, 5.74) is -0.119. The molecule has 0 atom stereocenters. The average Bonchev–Trinajstić information content (AvgIpc) is 2.37. The number of anilines is 1. The van der Waals surface area contributed by atoms with Crippen LogP contribution in [0.3, 0.4) is 0 Å². The summed E-state index contributed by atoms with van der Waals surface area (Å²) in [5, 5.41) is 2.95. The Hall–Kier alpha value is -2.04. The molecule has 0 saturated heterocycles. The van der Waals surface area contributed by atoms with Gasteiger partial charge in [-0.3, -0.25) is 0 Å². The summed E-state index contributed by atoms with van der Waals surface area (Å²) in [7, 11) is 0. The highest BCUT2D eigenvalue weighted by Crippen LogP contribution is 2.32. The van der Waals surface area contributed by atoms with E-state index in [-0.39, 0.29) is 6.54 Å². The van der Waals surface area contributed by atoms with Gasteiger partial charge in [0.25, 0.3) is 0 Å². The number of alkyl halides is 3. The van der Waals surface area contributed by atoms with Crippen LogP contribution in [0, 0.1) is 11.9 Å². The fraction of sp³-hybridized carbons (Fsp3) is 0.143. The maximum absolute atomic E-state index is 13.1. The van der Waals surface area contributed by atoms with Crippen molar-refractivity contribution in [1.82, 2.24) is 0 Å². The third-order valence-electron chi connectivity index (χ3n) is 2.55. The Kier molecular flexibility index (Phi) is 3.74. The van der Waals surface area contributed by atoms with Crippen LogP contribution in [0.25, 0.3) is 0 Å². The quantitative estimate of drug-likeness (QED) is 0.820. The van der Waals surface area contributed by atoms with Crippen LogP contribution in [0.2, 0.25) is 0 Å². The largest absolute Gasteiger partial charge is 0.419 e. The Morgan fingerprint density at radius 1 is 1.05 bits per heavy atom. The molecular weight excluding hydrogens is 258 g/mol. The van der Waals surface area contributed by atoms with Gasteiger partial charge >= 0.3 is 6.18 Å². The number of hydrogen-bond acceptors (Lipinski definition) is 1. The fourth-order valence-corrected chi connectivity index (χ4v) is 1.61. The minimum absolute atomic E-state index is 0.188. The predicted molar refractivity (Wildman–Crippen MR) is 64.0 cm³/mol. The van der Waals surface area contributed by atoms with Crippen LogP contribution < -0.4 is 5.32 Å². The maximum atomic E-state index is 13.1. The van der Waals surface area contributed by atoms with Gasteiger partial charge in [-0.15, -0.1) is 0 Å². The Morgan fingerprint density at radius 2 is 1.74 bits per heavy atom. The third-order valence-corrected chi connectivity index (χ3v) is 2.55. The molecule has 0 aliphatic heterocycles. The number of benzene rings is 2. The lowest BCUT2D eigenvalue weighted by Crippen LogP contribution is -2.10. The van der Waals surface area contributed by atoms with E-state index >= 15 is 0 Å². The molecule has 0 aliphatic rings. The Labute approximate surface area is 107 Å². The molecular formula is C14H10F4N. The van der Waals surface area contributed by atoms with E-state index in [1.165, 1.54) is 6.07 Å². The molecule has 99 valence electrons. The van der Waals surface area contributed by atoms with Gasteiger partial charge in [-0.1, -0.05) is 18.2 Å². The second-order valence-electron chi connectivity index (χ2n) is 3.95. The molecule has 2 rings (SSSR count). The topological polar surface area (TPSA) is 12.0 Å². The number of halogens is 4. The van der Waals surface area contributed by atoms with E-state index in [4.69, 9.17) is 0 Å². The second kappa shape index (κ2) is 5.30. The van der Waals surface area contributed by atoms with Crippen molar-refractivity contribution in [3.8, 4) is 0 Å². The summed E-state index contributed by atoms with van der Waals surface area (Å²) in [6.07, 6.45) is -4.68. The van der Waals surface area contributed by atoms with Crippen LogP contribution in [-0.2, 0) is 12.7 Å². The van der Waals surface area contributed by atoms with Gasteiger partial charge in [0.1, 0.15) is 5.82 Å². The monoisotopic (exact) mass is 268 g/mol. The van der Waals surface area contributed by atoms with E-state index in [1.54, 1.807) is 24.3 Å². The summed E-state index contributed by atoms with van der Waals surface area (Å²) >= 11 is 0. The molecule has 1 nitrogen and oxygen atoms in total. The lowest BCUT2D eigenvalue weighted by atomic mass is 10.1. The summed E-state index contributed by atoms with van der Waals surface area (Å²) in [4.78, 5) is 0. The van der Waals surface area contributed by atoms with Crippen LogP contribution >= 0.6 is 0 Å². The summed E-state index contributed by atoms with van der Waals surface area (Å²) < 4.78 is 50.7. The Morgan fingerprint density at radius 3 is 2.37 bits per heavy atom. The molecule has 19 heavy (non-hydrogen) atoms. The normalized spacial score (nSPS) is 11.4. The molecule has 2 aromatic carbocycles. The molecule has 0 fully saturated rings. The highest BCUT2D eigenvalue weighted by Gasteiger charge is 2.34. The lowest BCUT2D eigenvalue weighted by Gasteiger charge is -2.11. The zero-order valence-electron chi connectivity index (χ0n) is 9.76. The molecule has 0 heterocycles. The third kappa shape index (κ3) is 3.47. The average molecular weight is 268 g/mol. The van der Waals surface area contributed by atoms with Gasteiger partial charge in [0, 0.05) is 12.2 Å². The standard InChI is InChI=1S/C14H10F4N/c15-13-7-6-10(8-12(13)14(16,17)18)9-19-11-4-2-1-3-5-11/h2-8,19H,9H2. The summed E-state index contributed by atoms with van der Waals surface area (Å²) in [6.45, 7) is 0.188. The van der Waals surface area contributed by atoms with E-state index in [0.717, 1.165) is 17.8 Å². The van der Waals surface area contributed by atoms with E-state index in [9.17, 15) is 17.6 Å². The molecule has 2 aromatic rings. The van der Waals surface area contributed by atoms with Gasteiger partial charge in [0.2, 0.25) is 0 Å². The number of nitrogens with one attached hydrogen (secondary N) is 1. The molecule has 0 saturated carbocycles. The van der Waals surface area contributed by atoms with Crippen molar-refractivity contribution < 1.29 is 17.6 Å². The van der Waals surface area contributed by atoms with Crippen molar-refractivity contribution in [3.05, 3.63) is 65.5 Å². The minimum Gasteiger partial charge on any atom is -0.381 e. The van der Waals surface area contributed by atoms with Crippen LogP contribution in [-0.4, -0.2) is 0 Å². The van der Waals surface area contributed by atoms with Crippen LogP contribution in [0.15, 0.2) is 42.5 Å². The zero-order valence-corrected chi connectivity index (χ0v) is 9.76. The highest BCUT2D eigenvalue weighted by molar-refractivity contribution is 5.43. The van der Waals surface area contributed by atoms with Gasteiger partial charge in [-0.25, -0.2) is 4.39 Å². The first kappa shape index (κ1) is 13.4. The fourth-order valence-electron chi connectivity index (χ4n) is 1.61. The first-order valence-electron chi connectivity index (χ1n) is 5.52. The van der Waals surface area contributed by atoms with E-state index in [1.807, 2.05) is 0 Å². The first-order chi connectivity index (χ1) is 8.97. The van der Waals surface area contributed by atoms with Crippen LogP contribution in [0.1, 0.15) is 11.1 Å². The molecule has 0 bridgehead atoms. The molecule has 1 N–H and O–H groups in total. The van der Waals surface area contributed by atoms with Crippen molar-refractivity contribution in [2.24, 2.45) is 0 Å². The van der Waals surface area contributed by atoms with Gasteiger partial charge < -0.3 is 5.32 Å². The van der Waals surface area contributed by atoms with Crippen LogP contribution in [0.4, 0.5) is 23.2 Å². The summed E-state index contributed by atoms with van der Waals surface area (Å²) in [5.74, 6) is -1.26. The number of hydrogen-bond donors (Lipinski definition) is 1. The van der Waals surface area contributed by atoms with E-state index in [2.05, 4.69) is 11.4 Å². The van der Waals surface area contributed by atoms with Crippen molar-refractivity contribution >= 4 is 5.69 Å². The van der Waals surface area contributed by atoms with Crippen LogP contribution in [0.5, 0.6) is 0 Å². The minimum atomic E-state index is -4.68. The number of rotatable bonds is 3.